The van der Waals surface area contributed by atoms with Crippen LogP contribution in [0.5, 0.6) is 0 Å². The van der Waals surface area contributed by atoms with Crippen LogP contribution in [-0.4, -0.2) is 24.2 Å². The maximum Gasteiger partial charge on any atom is 0.0926 e. The summed E-state index contributed by atoms with van der Waals surface area (Å²) in [4.78, 5) is 4.56. The van der Waals surface area contributed by atoms with Gasteiger partial charge >= 0.3 is 0 Å². The Kier molecular flexibility index (Phi) is 4.32. The second kappa shape index (κ2) is 5.75. The quantitative estimate of drug-likeness (QED) is 0.858. The number of hydrogen-bond acceptors (Lipinski definition) is 4. The molecule has 1 aliphatic rings. The van der Waals surface area contributed by atoms with E-state index in [1.165, 1.54) is 30.0 Å². The third kappa shape index (κ3) is 2.81. The molecule has 1 aromatic rings. The van der Waals surface area contributed by atoms with Crippen molar-refractivity contribution in [1.82, 2.24) is 10.3 Å². The Morgan fingerprint density at radius 2 is 2.44 bits per heavy atom. The summed E-state index contributed by atoms with van der Waals surface area (Å²) in [6, 6.07) is 0.511. The minimum absolute atomic E-state index is 0.393. The molecule has 2 atom stereocenters. The lowest BCUT2D eigenvalue weighted by Gasteiger charge is -2.18. The molecule has 0 radical (unpaired) electrons. The number of hydrogen-bond donors (Lipinski definition) is 1. The first-order chi connectivity index (χ1) is 7.83. The lowest BCUT2D eigenvalue weighted by Crippen LogP contribution is -2.36. The smallest absolute Gasteiger partial charge is 0.0926 e. The monoisotopic (exact) mass is 240 g/mol. The molecule has 4 heteroatoms. The summed E-state index contributed by atoms with van der Waals surface area (Å²) in [7, 11) is 1.81. The Hall–Kier alpha value is -0.450. The molecule has 1 fully saturated rings. The van der Waals surface area contributed by atoms with E-state index in [1.54, 1.807) is 11.3 Å². The molecule has 0 amide bonds. The molecule has 16 heavy (non-hydrogen) atoms. The van der Waals surface area contributed by atoms with Gasteiger partial charge in [0.1, 0.15) is 0 Å². The number of thiazole rings is 1. The fourth-order valence-corrected chi connectivity index (χ4v) is 3.01. The van der Waals surface area contributed by atoms with Gasteiger partial charge in [0.2, 0.25) is 0 Å². The summed E-state index contributed by atoms with van der Waals surface area (Å²) in [5.74, 6) is 0. The average molecular weight is 240 g/mol. The van der Waals surface area contributed by atoms with E-state index in [9.17, 15) is 0 Å². The summed E-state index contributed by atoms with van der Waals surface area (Å²) >= 11 is 1.76. The van der Waals surface area contributed by atoms with Crippen LogP contribution in [-0.2, 0) is 17.7 Å². The van der Waals surface area contributed by atoms with Gasteiger partial charge in [-0.2, -0.15) is 0 Å². The summed E-state index contributed by atoms with van der Waals surface area (Å²) in [6.45, 7) is 3.02. The Balaban J connectivity index is 1.82. The first-order valence-corrected chi connectivity index (χ1v) is 6.91. The third-order valence-electron chi connectivity index (χ3n) is 3.20. The molecule has 0 saturated heterocycles. The van der Waals surface area contributed by atoms with E-state index in [1.807, 2.05) is 7.11 Å². The maximum absolute atomic E-state index is 5.46. The van der Waals surface area contributed by atoms with Gasteiger partial charge in [-0.05, 0) is 25.7 Å². The predicted octanol–water partition coefficient (Wildman–Crippen LogP) is 2.36. The van der Waals surface area contributed by atoms with E-state index in [0.29, 0.717) is 12.1 Å². The molecule has 0 spiro atoms. The van der Waals surface area contributed by atoms with Crippen molar-refractivity contribution in [3.8, 4) is 0 Å². The van der Waals surface area contributed by atoms with E-state index in [4.69, 9.17) is 4.74 Å². The van der Waals surface area contributed by atoms with E-state index >= 15 is 0 Å². The Bertz CT molecular complexity index is 327. The van der Waals surface area contributed by atoms with Crippen molar-refractivity contribution in [3.05, 3.63) is 16.1 Å². The highest BCUT2D eigenvalue weighted by Crippen LogP contribution is 2.22. The maximum atomic E-state index is 5.46. The van der Waals surface area contributed by atoms with Crippen molar-refractivity contribution < 1.29 is 4.74 Å². The summed E-state index contributed by atoms with van der Waals surface area (Å²) in [5, 5.41) is 6.94. The van der Waals surface area contributed by atoms with E-state index < -0.39 is 0 Å². The number of aryl methyl sites for hydroxylation is 1. The van der Waals surface area contributed by atoms with Crippen LogP contribution < -0.4 is 5.32 Å². The predicted molar refractivity (Wildman–Crippen MR) is 66.8 cm³/mol. The number of nitrogens with zero attached hydrogens (tertiary/aromatic N) is 1. The number of methoxy groups -OCH3 is 1. The largest absolute Gasteiger partial charge is 0.380 e. The van der Waals surface area contributed by atoms with Gasteiger partial charge in [0, 0.05) is 25.1 Å². The lowest BCUT2D eigenvalue weighted by atomic mass is 10.2. The number of ether oxygens (including phenoxy) is 1. The van der Waals surface area contributed by atoms with Crippen LogP contribution in [0.2, 0.25) is 0 Å². The minimum atomic E-state index is 0.393. The fraction of sp³-hybridized carbons (Fsp3) is 0.750. The van der Waals surface area contributed by atoms with E-state index in [-0.39, 0.29) is 0 Å². The van der Waals surface area contributed by atoms with Gasteiger partial charge < -0.3 is 10.1 Å². The van der Waals surface area contributed by atoms with Crippen molar-refractivity contribution in [2.75, 3.05) is 7.11 Å². The van der Waals surface area contributed by atoms with Crippen LogP contribution in [0.25, 0.3) is 0 Å². The SMILES string of the molecule is CCc1nc(CNC2CCCC2OC)cs1. The molecular weight excluding hydrogens is 220 g/mol. The van der Waals surface area contributed by atoms with Crippen LogP contribution in [0.3, 0.4) is 0 Å². The highest BCUT2D eigenvalue weighted by Gasteiger charge is 2.26. The van der Waals surface area contributed by atoms with Crippen molar-refractivity contribution in [1.29, 1.82) is 0 Å². The summed E-state index contributed by atoms with van der Waals surface area (Å²) in [5.41, 5.74) is 1.17. The molecule has 1 aliphatic carbocycles. The van der Waals surface area contributed by atoms with Gasteiger partial charge in [-0.3, -0.25) is 0 Å². The van der Waals surface area contributed by atoms with Crippen LogP contribution in [0.15, 0.2) is 5.38 Å². The topological polar surface area (TPSA) is 34.2 Å². The number of aromatic nitrogens is 1. The van der Waals surface area contributed by atoms with Gasteiger partial charge in [-0.15, -0.1) is 11.3 Å². The fourth-order valence-electron chi connectivity index (χ4n) is 2.27. The van der Waals surface area contributed by atoms with Crippen LogP contribution in [0.1, 0.15) is 36.9 Å². The molecule has 2 unspecified atom stereocenters. The molecule has 1 aromatic heterocycles. The standard InChI is InChI=1S/C12H20N2OS/c1-3-12-14-9(8-16-12)7-13-10-5-4-6-11(10)15-2/h8,10-11,13H,3-7H2,1-2H3. The molecule has 90 valence electrons. The third-order valence-corrected chi connectivity index (χ3v) is 4.24. The summed E-state index contributed by atoms with van der Waals surface area (Å²) in [6.07, 6.45) is 5.11. The van der Waals surface area contributed by atoms with E-state index in [2.05, 4.69) is 22.6 Å². The van der Waals surface area contributed by atoms with Crippen LogP contribution in [0, 0.1) is 0 Å². The molecule has 0 aliphatic heterocycles. The van der Waals surface area contributed by atoms with Gasteiger partial charge in [0.25, 0.3) is 0 Å². The number of rotatable bonds is 5. The molecule has 1 heterocycles. The van der Waals surface area contributed by atoms with Gasteiger partial charge in [-0.25, -0.2) is 4.98 Å². The lowest BCUT2D eigenvalue weighted by molar-refractivity contribution is 0.0846. The van der Waals surface area contributed by atoms with Gasteiger partial charge in [-0.1, -0.05) is 6.92 Å². The average Bonchev–Trinajstić information content (AvgIpc) is 2.94. The van der Waals surface area contributed by atoms with Gasteiger partial charge in [0.05, 0.1) is 16.8 Å². The van der Waals surface area contributed by atoms with Gasteiger partial charge in [0.15, 0.2) is 0 Å². The Morgan fingerprint density at radius 1 is 1.56 bits per heavy atom. The van der Waals surface area contributed by atoms with Crippen molar-refractivity contribution >= 4 is 11.3 Å². The van der Waals surface area contributed by atoms with Crippen molar-refractivity contribution in [2.45, 2.75) is 51.3 Å². The zero-order valence-electron chi connectivity index (χ0n) is 10.0. The Morgan fingerprint density at radius 3 is 3.12 bits per heavy atom. The highest BCUT2D eigenvalue weighted by molar-refractivity contribution is 7.09. The molecule has 0 aromatic carbocycles. The first kappa shape index (κ1) is 12.0. The first-order valence-electron chi connectivity index (χ1n) is 6.03. The normalized spacial score (nSPS) is 25.1. The molecule has 2 rings (SSSR count). The highest BCUT2D eigenvalue weighted by atomic mass is 32.1. The Labute approximate surface area is 101 Å². The van der Waals surface area contributed by atoms with Crippen molar-refractivity contribution in [2.24, 2.45) is 0 Å². The van der Waals surface area contributed by atoms with Crippen LogP contribution >= 0.6 is 11.3 Å². The molecule has 3 nitrogen and oxygen atoms in total. The minimum Gasteiger partial charge on any atom is -0.380 e. The zero-order chi connectivity index (χ0) is 11.4. The van der Waals surface area contributed by atoms with Crippen LogP contribution in [0.4, 0.5) is 0 Å². The summed E-state index contributed by atoms with van der Waals surface area (Å²) < 4.78 is 5.46. The molecular formula is C12H20N2OS. The number of nitrogens with one attached hydrogen (secondary N) is 1. The molecule has 0 bridgehead atoms. The molecule has 1 saturated carbocycles. The van der Waals surface area contributed by atoms with E-state index in [0.717, 1.165) is 13.0 Å². The van der Waals surface area contributed by atoms with Crippen molar-refractivity contribution in [3.63, 3.8) is 0 Å². The second-order valence-electron chi connectivity index (χ2n) is 4.28. The molecule has 1 N–H and O–H groups in total. The zero-order valence-corrected chi connectivity index (χ0v) is 10.8. The second-order valence-corrected chi connectivity index (χ2v) is 5.22.